The zero-order valence-corrected chi connectivity index (χ0v) is 10.9. The second kappa shape index (κ2) is 6.72. The number of rotatable bonds is 6. The Bertz CT molecular complexity index is 590. The van der Waals surface area contributed by atoms with Crippen LogP contribution in [-0.4, -0.2) is 24.8 Å². The highest BCUT2D eigenvalue weighted by Crippen LogP contribution is 2.21. The molecule has 4 nitrogen and oxygen atoms in total. The predicted molar refractivity (Wildman–Crippen MR) is 73.1 cm³/mol. The highest BCUT2D eigenvalue weighted by atomic mass is 16.5. The molecule has 0 N–H and O–H groups in total. The molecule has 0 spiro atoms. The minimum atomic E-state index is 0.376. The molecular formula is C15H16N2O2. The van der Waals surface area contributed by atoms with Gasteiger partial charge in [0.15, 0.2) is 0 Å². The van der Waals surface area contributed by atoms with Crippen LogP contribution in [0.2, 0.25) is 0 Å². The van der Waals surface area contributed by atoms with Crippen molar-refractivity contribution in [3.63, 3.8) is 0 Å². The number of ether oxygens (including phenoxy) is 2. The molecule has 98 valence electrons. The first-order valence-corrected chi connectivity index (χ1v) is 6.35. The molecule has 4 heteroatoms. The normalized spacial score (nSPS) is 10.3. The molecule has 0 unspecified atom stereocenters. The molecule has 1 aromatic carbocycles. The number of aromatic nitrogens is 1. The Morgan fingerprint density at radius 1 is 1.21 bits per heavy atom. The summed E-state index contributed by atoms with van der Waals surface area (Å²) >= 11 is 0. The van der Waals surface area contributed by atoms with Gasteiger partial charge in [0.2, 0.25) is 5.88 Å². The maximum atomic E-state index is 9.12. The average molecular weight is 256 g/mol. The van der Waals surface area contributed by atoms with E-state index in [0.29, 0.717) is 24.7 Å². The summed E-state index contributed by atoms with van der Waals surface area (Å²) in [4.78, 5) is 4.36. The second-order valence-corrected chi connectivity index (χ2v) is 4.11. The molecule has 2 rings (SSSR count). The molecule has 0 atom stereocenters. The Morgan fingerprint density at radius 3 is 2.84 bits per heavy atom. The van der Waals surface area contributed by atoms with Crippen LogP contribution in [0.15, 0.2) is 30.3 Å². The molecular weight excluding hydrogens is 240 g/mol. The third-order valence-corrected chi connectivity index (χ3v) is 2.62. The summed E-state index contributed by atoms with van der Waals surface area (Å²) in [5.41, 5.74) is 1.28. The molecule has 0 aliphatic carbocycles. The number of para-hydroxylation sites is 1. The van der Waals surface area contributed by atoms with Gasteiger partial charge in [-0.3, -0.25) is 0 Å². The summed E-state index contributed by atoms with van der Waals surface area (Å²) in [6, 6.07) is 11.6. The van der Waals surface area contributed by atoms with E-state index in [1.54, 1.807) is 6.07 Å². The van der Waals surface area contributed by atoms with Crippen LogP contribution in [0.5, 0.6) is 5.88 Å². The summed E-state index contributed by atoms with van der Waals surface area (Å²) in [6.07, 6.45) is 0.984. The molecule has 1 aromatic heterocycles. The highest BCUT2D eigenvalue weighted by Gasteiger charge is 2.07. The van der Waals surface area contributed by atoms with E-state index in [-0.39, 0.29) is 0 Å². The van der Waals surface area contributed by atoms with Gasteiger partial charge in [0.25, 0.3) is 0 Å². The van der Waals surface area contributed by atoms with Gasteiger partial charge >= 0.3 is 0 Å². The van der Waals surface area contributed by atoms with Gasteiger partial charge in [0.05, 0.1) is 12.1 Å². The van der Waals surface area contributed by atoms with Crippen LogP contribution < -0.4 is 4.74 Å². The van der Waals surface area contributed by atoms with Crippen LogP contribution in [0.1, 0.15) is 18.9 Å². The maximum absolute atomic E-state index is 9.12. The van der Waals surface area contributed by atoms with Gasteiger partial charge in [0, 0.05) is 12.0 Å². The van der Waals surface area contributed by atoms with Gasteiger partial charge in [-0.05, 0) is 18.6 Å². The Kier molecular flexibility index (Phi) is 4.71. The van der Waals surface area contributed by atoms with Crippen molar-refractivity contribution in [2.24, 2.45) is 0 Å². The van der Waals surface area contributed by atoms with E-state index in [4.69, 9.17) is 14.7 Å². The van der Waals surface area contributed by atoms with Crippen LogP contribution in [0.25, 0.3) is 10.9 Å². The zero-order chi connectivity index (χ0) is 13.5. The Hall–Kier alpha value is -2.12. The topological polar surface area (TPSA) is 55.1 Å². The van der Waals surface area contributed by atoms with E-state index >= 15 is 0 Å². The monoisotopic (exact) mass is 256 g/mol. The first-order chi connectivity index (χ1) is 9.35. The van der Waals surface area contributed by atoms with Gasteiger partial charge in [-0.15, -0.1) is 0 Å². The first-order valence-electron chi connectivity index (χ1n) is 6.35. The van der Waals surface area contributed by atoms with E-state index in [1.807, 2.05) is 24.3 Å². The summed E-state index contributed by atoms with van der Waals surface area (Å²) in [5.74, 6) is 0.376. The third-order valence-electron chi connectivity index (χ3n) is 2.62. The summed E-state index contributed by atoms with van der Waals surface area (Å²) in [5, 5.41) is 10.1. The lowest BCUT2D eigenvalue weighted by atomic mass is 10.1. The Balaban J connectivity index is 2.10. The minimum Gasteiger partial charge on any atom is -0.474 e. The van der Waals surface area contributed by atoms with E-state index in [0.717, 1.165) is 23.9 Å². The van der Waals surface area contributed by atoms with Crippen molar-refractivity contribution in [3.8, 4) is 11.9 Å². The molecule has 2 aromatic rings. The van der Waals surface area contributed by atoms with Gasteiger partial charge in [-0.1, -0.05) is 25.1 Å². The molecule has 0 amide bonds. The lowest BCUT2D eigenvalue weighted by molar-refractivity contribution is 0.0990. The zero-order valence-electron chi connectivity index (χ0n) is 10.9. The fraction of sp³-hybridized carbons (Fsp3) is 0.333. The van der Waals surface area contributed by atoms with E-state index in [1.165, 1.54) is 0 Å². The number of hydrogen-bond acceptors (Lipinski definition) is 4. The van der Waals surface area contributed by atoms with Gasteiger partial charge in [0.1, 0.15) is 18.2 Å². The third kappa shape index (κ3) is 3.43. The lowest BCUT2D eigenvalue weighted by Gasteiger charge is -2.08. The Labute approximate surface area is 112 Å². The number of hydrogen-bond donors (Lipinski definition) is 0. The van der Waals surface area contributed by atoms with E-state index in [2.05, 4.69) is 18.0 Å². The standard InChI is InChI=1S/C15H16N2O2/c1-2-7-18-8-9-19-15-13(11-16)10-12-5-3-4-6-14(12)17-15/h3-6,10H,2,7-9H2,1H3. The minimum absolute atomic E-state index is 0.376. The molecule has 0 aliphatic heterocycles. The Morgan fingerprint density at radius 2 is 2.05 bits per heavy atom. The van der Waals surface area contributed by atoms with Crippen LogP contribution >= 0.6 is 0 Å². The number of nitriles is 1. The van der Waals surface area contributed by atoms with Crippen molar-refractivity contribution in [1.29, 1.82) is 5.26 Å². The number of nitrogens with zero attached hydrogens (tertiary/aromatic N) is 2. The smallest absolute Gasteiger partial charge is 0.232 e. The van der Waals surface area contributed by atoms with Crippen LogP contribution in [0.4, 0.5) is 0 Å². The van der Waals surface area contributed by atoms with E-state index < -0.39 is 0 Å². The molecule has 1 heterocycles. The second-order valence-electron chi connectivity index (χ2n) is 4.11. The van der Waals surface area contributed by atoms with Gasteiger partial charge in [-0.25, -0.2) is 4.98 Å². The molecule has 0 saturated heterocycles. The molecule has 0 aliphatic rings. The van der Waals surface area contributed by atoms with Crippen molar-refractivity contribution in [1.82, 2.24) is 4.98 Å². The summed E-state index contributed by atoms with van der Waals surface area (Å²) in [7, 11) is 0. The summed E-state index contributed by atoms with van der Waals surface area (Å²) < 4.78 is 10.9. The first kappa shape index (κ1) is 13.3. The maximum Gasteiger partial charge on any atom is 0.232 e. The number of benzene rings is 1. The quantitative estimate of drug-likeness (QED) is 0.746. The molecule has 19 heavy (non-hydrogen) atoms. The van der Waals surface area contributed by atoms with Crippen LogP contribution in [0, 0.1) is 11.3 Å². The molecule has 0 radical (unpaired) electrons. The van der Waals surface area contributed by atoms with Gasteiger partial charge < -0.3 is 9.47 Å². The molecule has 0 bridgehead atoms. The average Bonchev–Trinajstić information content (AvgIpc) is 2.46. The number of fused-ring (bicyclic) bond motifs is 1. The van der Waals surface area contributed by atoms with Crippen molar-refractivity contribution < 1.29 is 9.47 Å². The number of pyridine rings is 1. The van der Waals surface area contributed by atoms with E-state index in [9.17, 15) is 0 Å². The lowest BCUT2D eigenvalue weighted by Crippen LogP contribution is -2.09. The fourth-order valence-corrected chi connectivity index (χ4v) is 1.73. The highest BCUT2D eigenvalue weighted by molar-refractivity contribution is 5.80. The SMILES string of the molecule is CCCOCCOc1nc2ccccc2cc1C#N. The van der Waals surface area contributed by atoms with Crippen molar-refractivity contribution in [2.75, 3.05) is 19.8 Å². The summed E-state index contributed by atoms with van der Waals surface area (Å²) in [6.45, 7) is 3.69. The molecule has 0 fully saturated rings. The predicted octanol–water partition coefficient (Wildman–Crippen LogP) is 2.91. The van der Waals surface area contributed by atoms with Crippen molar-refractivity contribution >= 4 is 10.9 Å². The van der Waals surface area contributed by atoms with Gasteiger partial charge in [-0.2, -0.15) is 5.26 Å². The van der Waals surface area contributed by atoms with Crippen molar-refractivity contribution in [2.45, 2.75) is 13.3 Å². The fourth-order valence-electron chi connectivity index (χ4n) is 1.73. The van der Waals surface area contributed by atoms with Crippen LogP contribution in [0.3, 0.4) is 0 Å². The largest absolute Gasteiger partial charge is 0.474 e. The van der Waals surface area contributed by atoms with Crippen molar-refractivity contribution in [3.05, 3.63) is 35.9 Å². The molecule has 0 saturated carbocycles. The van der Waals surface area contributed by atoms with Crippen LogP contribution in [-0.2, 0) is 4.74 Å².